The van der Waals surface area contributed by atoms with Crippen LogP contribution in [0.25, 0.3) is 0 Å². The number of hydrogen-bond donors (Lipinski definition) is 0. The number of ether oxygens (including phenoxy) is 1. The Hall–Kier alpha value is -1.40. The first kappa shape index (κ1) is 18.0. The third-order valence-corrected chi connectivity index (χ3v) is 4.65. The summed E-state index contributed by atoms with van der Waals surface area (Å²) in [4.78, 5) is 16.4. The van der Waals surface area contributed by atoms with E-state index in [4.69, 9.17) is 14.0 Å². The number of nitrogens with zero attached hydrogens (tertiary/aromatic N) is 1. The van der Waals surface area contributed by atoms with E-state index in [1.54, 1.807) is 13.1 Å². The third-order valence-electron chi connectivity index (χ3n) is 4.65. The van der Waals surface area contributed by atoms with Crippen molar-refractivity contribution in [1.82, 2.24) is 4.98 Å². The van der Waals surface area contributed by atoms with Gasteiger partial charge in [-0.1, -0.05) is 6.07 Å². The molecule has 1 unspecified atom stereocenters. The molecule has 2 rings (SSSR count). The molecule has 1 fully saturated rings. The SMILES string of the molecule is CCOC(=O)CC(B1OC(C)(C)C(C)(C)O1)c1ccc(C)nc1. The zero-order chi connectivity index (χ0) is 17.3. The Balaban J connectivity index is 2.27. The minimum absolute atomic E-state index is 0.204. The zero-order valence-corrected chi connectivity index (χ0v) is 14.9. The molecule has 0 amide bonds. The molecule has 0 radical (unpaired) electrons. The maximum atomic E-state index is 12.0. The Labute approximate surface area is 138 Å². The molecule has 1 aromatic rings. The molecule has 0 aromatic carbocycles. The van der Waals surface area contributed by atoms with E-state index in [0.29, 0.717) is 6.61 Å². The van der Waals surface area contributed by atoms with Crippen LogP contribution in [0.1, 0.15) is 58.1 Å². The van der Waals surface area contributed by atoms with Gasteiger partial charge in [0, 0.05) is 17.7 Å². The number of aromatic nitrogens is 1. The zero-order valence-electron chi connectivity index (χ0n) is 14.9. The predicted octanol–water partition coefficient (Wildman–Crippen LogP) is 3.06. The number of carbonyl (C=O) groups excluding carboxylic acids is 1. The molecule has 0 spiro atoms. The highest BCUT2D eigenvalue weighted by Gasteiger charge is 2.54. The van der Waals surface area contributed by atoms with Crippen LogP contribution in [-0.4, -0.2) is 35.9 Å². The predicted molar refractivity (Wildman–Crippen MR) is 89.0 cm³/mol. The highest BCUT2D eigenvalue weighted by atomic mass is 16.7. The van der Waals surface area contributed by atoms with Gasteiger partial charge in [-0.3, -0.25) is 9.78 Å². The fourth-order valence-electron chi connectivity index (χ4n) is 2.52. The van der Waals surface area contributed by atoms with Gasteiger partial charge in [-0.05, 0) is 53.2 Å². The Morgan fingerprint density at radius 3 is 2.35 bits per heavy atom. The summed E-state index contributed by atoms with van der Waals surface area (Å²) in [7, 11) is -0.506. The van der Waals surface area contributed by atoms with Gasteiger partial charge >= 0.3 is 13.1 Å². The maximum absolute atomic E-state index is 12.0. The van der Waals surface area contributed by atoms with Crippen LogP contribution in [0.5, 0.6) is 0 Å². The molecule has 1 aliphatic rings. The fraction of sp³-hybridized carbons (Fsp3) is 0.647. The minimum Gasteiger partial charge on any atom is -0.466 e. The Morgan fingerprint density at radius 2 is 1.87 bits per heavy atom. The van der Waals surface area contributed by atoms with E-state index in [-0.39, 0.29) is 18.2 Å². The molecule has 0 aliphatic carbocycles. The van der Waals surface area contributed by atoms with Crippen molar-refractivity contribution in [2.45, 2.75) is 65.0 Å². The summed E-state index contributed by atoms with van der Waals surface area (Å²) in [5.74, 6) is -0.504. The van der Waals surface area contributed by atoms with Crippen molar-refractivity contribution in [2.24, 2.45) is 0 Å². The second-order valence-corrected chi connectivity index (χ2v) is 6.97. The first-order valence-corrected chi connectivity index (χ1v) is 8.10. The van der Waals surface area contributed by atoms with E-state index in [9.17, 15) is 4.79 Å². The van der Waals surface area contributed by atoms with E-state index >= 15 is 0 Å². The lowest BCUT2D eigenvalue weighted by Crippen LogP contribution is -2.41. The van der Waals surface area contributed by atoms with Crippen molar-refractivity contribution < 1.29 is 18.8 Å². The Bertz CT molecular complexity index is 540. The highest BCUT2D eigenvalue weighted by molar-refractivity contribution is 6.48. The number of pyridine rings is 1. The lowest BCUT2D eigenvalue weighted by Gasteiger charge is -2.32. The van der Waals surface area contributed by atoms with Crippen LogP contribution in [0, 0.1) is 6.92 Å². The molecule has 2 heterocycles. The largest absolute Gasteiger partial charge is 0.466 e. The molecule has 6 heteroatoms. The third kappa shape index (κ3) is 3.93. The number of esters is 1. The topological polar surface area (TPSA) is 57.7 Å². The molecule has 1 aliphatic heterocycles. The summed E-state index contributed by atoms with van der Waals surface area (Å²) in [5.41, 5.74) is 0.963. The van der Waals surface area contributed by atoms with Gasteiger partial charge in [0.05, 0.1) is 24.2 Å². The molecule has 1 atom stereocenters. The van der Waals surface area contributed by atoms with Gasteiger partial charge in [0.15, 0.2) is 0 Å². The molecule has 0 saturated carbocycles. The second kappa shape index (κ2) is 6.61. The smallest absolute Gasteiger partial charge is 0.466 e. The summed E-state index contributed by atoms with van der Waals surface area (Å²) >= 11 is 0. The van der Waals surface area contributed by atoms with Crippen molar-refractivity contribution in [2.75, 3.05) is 6.61 Å². The van der Waals surface area contributed by atoms with Crippen molar-refractivity contribution in [3.05, 3.63) is 29.6 Å². The summed E-state index contributed by atoms with van der Waals surface area (Å²) in [6.07, 6.45) is 1.99. The van der Waals surface area contributed by atoms with Crippen LogP contribution < -0.4 is 0 Å². The van der Waals surface area contributed by atoms with E-state index in [1.165, 1.54) is 0 Å². The molecule has 1 saturated heterocycles. The van der Waals surface area contributed by atoms with Crippen molar-refractivity contribution >= 4 is 13.1 Å². The van der Waals surface area contributed by atoms with Crippen molar-refractivity contribution in [3.8, 4) is 0 Å². The average molecular weight is 319 g/mol. The van der Waals surface area contributed by atoms with Gasteiger partial charge in [0.2, 0.25) is 0 Å². The molecular weight excluding hydrogens is 293 g/mol. The van der Waals surface area contributed by atoms with Crippen LogP contribution in [0.2, 0.25) is 0 Å². The molecule has 23 heavy (non-hydrogen) atoms. The van der Waals surface area contributed by atoms with E-state index < -0.39 is 18.3 Å². The number of hydrogen-bond acceptors (Lipinski definition) is 5. The molecule has 1 aromatic heterocycles. The fourth-order valence-corrected chi connectivity index (χ4v) is 2.52. The van der Waals surface area contributed by atoms with Gasteiger partial charge < -0.3 is 14.0 Å². The monoisotopic (exact) mass is 319 g/mol. The Kier molecular flexibility index (Phi) is 5.16. The van der Waals surface area contributed by atoms with Crippen LogP contribution in [-0.2, 0) is 18.8 Å². The quantitative estimate of drug-likeness (QED) is 0.617. The van der Waals surface area contributed by atoms with Gasteiger partial charge in [-0.15, -0.1) is 0 Å². The molecule has 126 valence electrons. The Morgan fingerprint density at radius 1 is 1.26 bits per heavy atom. The summed E-state index contributed by atoms with van der Waals surface area (Å²) < 4.78 is 17.4. The van der Waals surface area contributed by atoms with Crippen molar-refractivity contribution in [1.29, 1.82) is 0 Å². The number of rotatable bonds is 5. The number of carbonyl (C=O) groups is 1. The molecule has 0 bridgehead atoms. The first-order chi connectivity index (χ1) is 10.7. The van der Waals surface area contributed by atoms with E-state index in [0.717, 1.165) is 11.3 Å². The lowest BCUT2D eigenvalue weighted by atomic mass is 9.66. The summed E-state index contributed by atoms with van der Waals surface area (Å²) in [5, 5.41) is 0. The van der Waals surface area contributed by atoms with E-state index in [1.807, 2.05) is 46.8 Å². The maximum Gasteiger partial charge on any atom is 0.466 e. The molecule has 0 N–H and O–H groups in total. The minimum atomic E-state index is -0.506. The average Bonchev–Trinajstić information content (AvgIpc) is 2.66. The summed E-state index contributed by atoms with van der Waals surface area (Å²) in [6.45, 7) is 12.1. The van der Waals surface area contributed by atoms with E-state index in [2.05, 4.69) is 4.98 Å². The summed E-state index contributed by atoms with van der Waals surface area (Å²) in [6, 6.07) is 3.90. The van der Waals surface area contributed by atoms with Gasteiger partial charge in [-0.25, -0.2) is 0 Å². The lowest BCUT2D eigenvalue weighted by molar-refractivity contribution is -0.143. The molecular formula is C17H26BNO4. The normalized spacial score (nSPS) is 20.3. The number of aryl methyl sites for hydroxylation is 1. The highest BCUT2D eigenvalue weighted by Crippen LogP contribution is 2.41. The van der Waals surface area contributed by atoms with Crippen LogP contribution >= 0.6 is 0 Å². The molecule has 5 nitrogen and oxygen atoms in total. The van der Waals surface area contributed by atoms with Gasteiger partial charge in [0.1, 0.15) is 0 Å². The van der Waals surface area contributed by atoms with Crippen molar-refractivity contribution in [3.63, 3.8) is 0 Å². The second-order valence-electron chi connectivity index (χ2n) is 6.97. The van der Waals surface area contributed by atoms with Gasteiger partial charge in [0.25, 0.3) is 0 Å². The van der Waals surface area contributed by atoms with Crippen LogP contribution in [0.3, 0.4) is 0 Å². The van der Waals surface area contributed by atoms with Crippen LogP contribution in [0.4, 0.5) is 0 Å². The van der Waals surface area contributed by atoms with Gasteiger partial charge in [-0.2, -0.15) is 0 Å². The first-order valence-electron chi connectivity index (χ1n) is 8.10. The van der Waals surface area contributed by atoms with Crippen LogP contribution in [0.15, 0.2) is 18.3 Å². The standard InChI is InChI=1S/C17H26BNO4/c1-7-21-15(20)10-14(13-9-8-12(2)19-11-13)18-22-16(3,4)17(5,6)23-18/h8-9,11,14H,7,10H2,1-6H3.